The molecule has 1 aromatic carbocycles. The van der Waals surface area contributed by atoms with E-state index in [9.17, 15) is 0 Å². The third-order valence-electron chi connectivity index (χ3n) is 3.26. The number of aromatic nitrogens is 4. The minimum absolute atomic E-state index is 0.526. The average Bonchev–Trinajstić information content (AvgIpc) is 2.77. The number of H-pyrrole nitrogens is 1. The molecule has 3 aromatic rings. The largest absolute Gasteiger partial charge is 0.472 e. The fourth-order valence-electron chi connectivity index (χ4n) is 2.33. The summed E-state index contributed by atoms with van der Waals surface area (Å²) in [6, 6.07) is 4.20. The standard InChI is InChI=1S/C13H9IN4O/c1-6-15-4-10-8-3-9-11(17-18-12(9)14)2-7(8)5-19-13(10)16-6/h2-4H,5H2,1H3,(H,17,18). The second-order valence-corrected chi connectivity index (χ2v) is 5.57. The van der Waals surface area contributed by atoms with Gasteiger partial charge in [-0.2, -0.15) is 10.1 Å². The van der Waals surface area contributed by atoms with Gasteiger partial charge in [-0.25, -0.2) is 4.98 Å². The van der Waals surface area contributed by atoms with Crippen LogP contribution in [-0.2, 0) is 6.61 Å². The van der Waals surface area contributed by atoms with Crippen LogP contribution in [0.2, 0.25) is 0 Å². The Balaban J connectivity index is 2.04. The first-order valence-electron chi connectivity index (χ1n) is 5.85. The molecular weight excluding hydrogens is 355 g/mol. The molecule has 0 saturated carbocycles. The van der Waals surface area contributed by atoms with Crippen LogP contribution >= 0.6 is 22.6 Å². The SMILES string of the molecule is Cc1ncc2c(n1)OCc1cc3n[nH]c(I)c3cc1-2. The van der Waals surface area contributed by atoms with Crippen LogP contribution in [0.25, 0.3) is 22.0 Å². The van der Waals surface area contributed by atoms with Gasteiger partial charge in [0.1, 0.15) is 16.1 Å². The highest BCUT2D eigenvalue weighted by molar-refractivity contribution is 14.1. The van der Waals surface area contributed by atoms with Crippen molar-refractivity contribution in [2.45, 2.75) is 13.5 Å². The summed E-state index contributed by atoms with van der Waals surface area (Å²) < 4.78 is 6.73. The third-order valence-corrected chi connectivity index (χ3v) is 4.08. The van der Waals surface area contributed by atoms with Crippen molar-refractivity contribution in [3.05, 3.63) is 33.4 Å². The number of nitrogens with zero attached hydrogens (tertiary/aromatic N) is 3. The van der Waals surface area contributed by atoms with Gasteiger partial charge < -0.3 is 4.74 Å². The first-order valence-corrected chi connectivity index (χ1v) is 6.93. The van der Waals surface area contributed by atoms with Crippen LogP contribution in [0.5, 0.6) is 5.88 Å². The van der Waals surface area contributed by atoms with Crippen LogP contribution in [0, 0.1) is 10.6 Å². The summed E-state index contributed by atoms with van der Waals surface area (Å²) in [5.41, 5.74) is 4.16. The number of benzene rings is 1. The fraction of sp³-hybridized carbons (Fsp3) is 0.154. The van der Waals surface area contributed by atoms with E-state index in [4.69, 9.17) is 4.74 Å². The minimum atomic E-state index is 0.526. The first-order chi connectivity index (χ1) is 9.22. The van der Waals surface area contributed by atoms with Gasteiger partial charge in [-0.15, -0.1) is 0 Å². The Hall–Kier alpha value is -1.70. The van der Waals surface area contributed by atoms with E-state index in [0.29, 0.717) is 12.5 Å². The second kappa shape index (κ2) is 3.89. The van der Waals surface area contributed by atoms with Gasteiger partial charge in [0.05, 0.1) is 11.1 Å². The number of rotatable bonds is 0. The number of nitrogens with one attached hydrogen (secondary N) is 1. The Morgan fingerprint density at radius 2 is 2.21 bits per heavy atom. The first kappa shape index (κ1) is 11.2. The maximum atomic E-state index is 5.70. The van der Waals surface area contributed by atoms with Crippen LogP contribution < -0.4 is 4.74 Å². The third kappa shape index (κ3) is 1.62. The zero-order valence-electron chi connectivity index (χ0n) is 10.1. The molecule has 2 aromatic heterocycles. The molecule has 1 N–H and O–H groups in total. The molecule has 0 fully saturated rings. The van der Waals surface area contributed by atoms with E-state index in [0.717, 1.165) is 37.1 Å². The highest BCUT2D eigenvalue weighted by Gasteiger charge is 2.21. The van der Waals surface area contributed by atoms with Gasteiger partial charge in [0.15, 0.2) is 0 Å². The molecule has 0 bridgehead atoms. The number of aryl methyl sites for hydroxylation is 1. The highest BCUT2D eigenvalue weighted by Crippen LogP contribution is 2.38. The molecule has 0 amide bonds. The maximum Gasteiger partial charge on any atom is 0.225 e. The van der Waals surface area contributed by atoms with E-state index < -0.39 is 0 Å². The van der Waals surface area contributed by atoms with Gasteiger partial charge in [0.2, 0.25) is 5.88 Å². The summed E-state index contributed by atoms with van der Waals surface area (Å²) in [4.78, 5) is 8.61. The Bertz CT molecular complexity index is 812. The summed E-state index contributed by atoms with van der Waals surface area (Å²) in [7, 11) is 0. The Morgan fingerprint density at radius 1 is 1.32 bits per heavy atom. The van der Waals surface area contributed by atoms with Crippen LogP contribution in [0.15, 0.2) is 18.3 Å². The predicted octanol–water partition coefficient (Wildman–Crippen LogP) is 2.83. The van der Waals surface area contributed by atoms with Gasteiger partial charge >= 0.3 is 0 Å². The van der Waals surface area contributed by atoms with Crippen molar-refractivity contribution in [3.63, 3.8) is 0 Å². The zero-order valence-corrected chi connectivity index (χ0v) is 12.2. The molecule has 94 valence electrons. The maximum absolute atomic E-state index is 5.70. The summed E-state index contributed by atoms with van der Waals surface area (Å²) in [5, 5.41) is 8.39. The molecule has 5 nitrogen and oxygen atoms in total. The Kier molecular flexibility index (Phi) is 2.29. The van der Waals surface area contributed by atoms with Crippen LogP contribution in [0.3, 0.4) is 0 Å². The number of hydrogen-bond donors (Lipinski definition) is 1. The highest BCUT2D eigenvalue weighted by atomic mass is 127. The molecule has 0 saturated heterocycles. The van der Waals surface area contributed by atoms with Crippen molar-refractivity contribution in [1.82, 2.24) is 20.2 Å². The second-order valence-electron chi connectivity index (χ2n) is 4.49. The fourth-order valence-corrected chi connectivity index (χ4v) is 2.88. The van der Waals surface area contributed by atoms with Gasteiger partial charge in [-0.1, -0.05) is 0 Å². The van der Waals surface area contributed by atoms with Gasteiger partial charge in [0.25, 0.3) is 0 Å². The topological polar surface area (TPSA) is 63.7 Å². The van der Waals surface area contributed by atoms with E-state index in [2.05, 4.69) is 54.9 Å². The summed E-state index contributed by atoms with van der Waals surface area (Å²) >= 11 is 2.25. The van der Waals surface area contributed by atoms with E-state index in [1.54, 1.807) is 0 Å². The van der Waals surface area contributed by atoms with Gasteiger partial charge in [-0.05, 0) is 52.8 Å². The molecule has 6 heteroatoms. The predicted molar refractivity (Wildman–Crippen MR) is 78.9 cm³/mol. The lowest BCUT2D eigenvalue weighted by molar-refractivity contribution is 0.289. The molecule has 1 aliphatic rings. The van der Waals surface area contributed by atoms with E-state index in [1.165, 1.54) is 0 Å². The molecule has 4 rings (SSSR count). The monoisotopic (exact) mass is 364 g/mol. The Morgan fingerprint density at radius 3 is 3.11 bits per heavy atom. The van der Waals surface area contributed by atoms with Crippen molar-refractivity contribution in [2.24, 2.45) is 0 Å². The molecule has 3 heterocycles. The molecule has 19 heavy (non-hydrogen) atoms. The normalized spacial score (nSPS) is 12.9. The number of halogens is 1. The molecule has 0 spiro atoms. The van der Waals surface area contributed by atoms with E-state index in [-0.39, 0.29) is 0 Å². The smallest absolute Gasteiger partial charge is 0.225 e. The Labute approximate surface area is 122 Å². The van der Waals surface area contributed by atoms with Crippen LogP contribution in [0.4, 0.5) is 0 Å². The quantitative estimate of drug-likeness (QED) is 0.623. The minimum Gasteiger partial charge on any atom is -0.472 e. The lowest BCUT2D eigenvalue weighted by Crippen LogP contribution is -2.08. The van der Waals surface area contributed by atoms with Crippen LogP contribution in [-0.4, -0.2) is 20.2 Å². The van der Waals surface area contributed by atoms with E-state index >= 15 is 0 Å². The van der Waals surface area contributed by atoms with Crippen molar-refractivity contribution in [3.8, 4) is 17.0 Å². The molecule has 0 radical (unpaired) electrons. The van der Waals surface area contributed by atoms with Crippen molar-refractivity contribution < 1.29 is 4.74 Å². The number of fused-ring (bicyclic) bond motifs is 4. The van der Waals surface area contributed by atoms with Crippen molar-refractivity contribution in [2.75, 3.05) is 0 Å². The number of aromatic amines is 1. The number of hydrogen-bond acceptors (Lipinski definition) is 4. The summed E-state index contributed by atoms with van der Waals surface area (Å²) in [6.45, 7) is 2.39. The van der Waals surface area contributed by atoms with Crippen molar-refractivity contribution in [1.29, 1.82) is 0 Å². The molecule has 0 unspecified atom stereocenters. The molecule has 0 aliphatic carbocycles. The van der Waals surface area contributed by atoms with Crippen molar-refractivity contribution >= 4 is 33.5 Å². The lowest BCUT2D eigenvalue weighted by Gasteiger charge is -2.19. The number of ether oxygens (including phenoxy) is 1. The van der Waals surface area contributed by atoms with Gasteiger partial charge in [0, 0.05) is 11.6 Å². The van der Waals surface area contributed by atoms with E-state index in [1.807, 2.05) is 13.1 Å². The average molecular weight is 364 g/mol. The summed E-state index contributed by atoms with van der Waals surface area (Å²) in [6.07, 6.45) is 1.83. The molecular formula is C13H9IN4O. The van der Waals surface area contributed by atoms with Gasteiger partial charge in [-0.3, -0.25) is 5.10 Å². The molecule has 0 atom stereocenters. The molecule has 1 aliphatic heterocycles. The zero-order chi connectivity index (χ0) is 13.0. The van der Waals surface area contributed by atoms with Crippen LogP contribution in [0.1, 0.15) is 11.4 Å². The lowest BCUT2D eigenvalue weighted by atomic mass is 9.98. The summed E-state index contributed by atoms with van der Waals surface area (Å²) in [5.74, 6) is 1.39.